The predicted octanol–water partition coefficient (Wildman–Crippen LogP) is 1.77. The van der Waals surface area contributed by atoms with Gasteiger partial charge in [-0.05, 0) is 29.8 Å². The van der Waals surface area contributed by atoms with E-state index >= 15 is 0 Å². The molecule has 0 radical (unpaired) electrons. The van der Waals surface area contributed by atoms with Crippen molar-refractivity contribution in [1.82, 2.24) is 4.57 Å². The molecule has 128 valence electrons. The van der Waals surface area contributed by atoms with Crippen LogP contribution in [-0.2, 0) is 23.1 Å². The zero-order valence-electron chi connectivity index (χ0n) is 13.6. The Hall–Kier alpha value is -2.93. The van der Waals surface area contributed by atoms with E-state index in [1.54, 1.807) is 24.3 Å². The second-order valence-corrected chi connectivity index (χ2v) is 6.50. The number of amides is 2. The molecule has 3 aromatic rings. The lowest BCUT2D eigenvalue weighted by molar-refractivity contribution is -0.120. The number of aryl methyl sites for hydroxylation is 1. The highest BCUT2D eigenvalue weighted by Gasteiger charge is 2.06. The molecule has 0 aliphatic rings. The molecule has 0 aliphatic carbocycles. The number of thiazole rings is 1. The number of carbonyl (C=O) groups is 2. The Balaban J connectivity index is 1.68. The molecule has 7 heteroatoms. The monoisotopic (exact) mass is 355 g/mol. The molecule has 0 spiro atoms. The van der Waals surface area contributed by atoms with Crippen molar-refractivity contribution in [2.75, 3.05) is 6.61 Å². The van der Waals surface area contributed by atoms with E-state index in [1.165, 1.54) is 11.3 Å². The highest BCUT2D eigenvalue weighted by atomic mass is 32.1. The van der Waals surface area contributed by atoms with Crippen LogP contribution >= 0.6 is 11.3 Å². The maximum absolute atomic E-state index is 12.1. The molecule has 0 unspecified atom stereocenters. The lowest BCUT2D eigenvalue weighted by Crippen LogP contribution is -2.17. The molecule has 1 aromatic heterocycles. The van der Waals surface area contributed by atoms with Crippen molar-refractivity contribution in [3.8, 4) is 5.75 Å². The topological polar surface area (TPSA) is 86.7 Å². The van der Waals surface area contributed by atoms with Crippen LogP contribution in [-0.4, -0.2) is 23.0 Å². The van der Waals surface area contributed by atoms with E-state index in [2.05, 4.69) is 4.99 Å². The Morgan fingerprint density at radius 3 is 2.56 bits per heavy atom. The van der Waals surface area contributed by atoms with Crippen LogP contribution in [0.2, 0.25) is 0 Å². The third-order valence-corrected chi connectivity index (χ3v) is 4.71. The van der Waals surface area contributed by atoms with Crippen LogP contribution in [0.15, 0.2) is 53.5 Å². The van der Waals surface area contributed by atoms with Gasteiger partial charge in [0.25, 0.3) is 5.91 Å². The average molecular weight is 355 g/mol. The van der Waals surface area contributed by atoms with Crippen LogP contribution in [0.4, 0.5) is 0 Å². The molecule has 3 rings (SSSR count). The van der Waals surface area contributed by atoms with Gasteiger partial charge in [-0.25, -0.2) is 0 Å². The lowest BCUT2D eigenvalue weighted by atomic mass is 10.1. The van der Waals surface area contributed by atoms with E-state index in [4.69, 9.17) is 10.5 Å². The summed E-state index contributed by atoms with van der Waals surface area (Å²) in [4.78, 5) is 27.7. The Bertz CT molecular complexity index is 987. The van der Waals surface area contributed by atoms with Gasteiger partial charge in [0.2, 0.25) is 5.91 Å². The lowest BCUT2D eigenvalue weighted by Gasteiger charge is -2.04. The molecule has 0 fully saturated rings. The van der Waals surface area contributed by atoms with E-state index in [9.17, 15) is 9.59 Å². The van der Waals surface area contributed by atoms with Crippen LogP contribution in [0.3, 0.4) is 0 Å². The first-order valence-corrected chi connectivity index (χ1v) is 8.47. The van der Waals surface area contributed by atoms with Gasteiger partial charge in [-0.1, -0.05) is 35.6 Å². The number of hydrogen-bond acceptors (Lipinski definition) is 4. The SMILES string of the molecule is Cn1c(=NC(=O)COc2ccc(CC(N)=O)cc2)sc2ccccc21. The summed E-state index contributed by atoms with van der Waals surface area (Å²) >= 11 is 1.46. The Kier molecular flexibility index (Phi) is 4.95. The minimum absolute atomic E-state index is 0.149. The van der Waals surface area contributed by atoms with Crippen LogP contribution in [0.5, 0.6) is 5.75 Å². The van der Waals surface area contributed by atoms with E-state index in [1.807, 2.05) is 35.9 Å². The van der Waals surface area contributed by atoms with E-state index in [0.29, 0.717) is 10.6 Å². The molecular weight excluding hydrogens is 338 g/mol. The number of nitrogens with two attached hydrogens (primary N) is 1. The van der Waals surface area contributed by atoms with Gasteiger partial charge in [-0.2, -0.15) is 4.99 Å². The number of ether oxygens (including phenoxy) is 1. The molecule has 6 nitrogen and oxygen atoms in total. The van der Waals surface area contributed by atoms with Gasteiger partial charge in [0, 0.05) is 7.05 Å². The van der Waals surface area contributed by atoms with Crippen molar-refractivity contribution in [2.45, 2.75) is 6.42 Å². The minimum Gasteiger partial charge on any atom is -0.484 e. The van der Waals surface area contributed by atoms with Crippen LogP contribution in [0.1, 0.15) is 5.56 Å². The Labute approximate surface area is 148 Å². The maximum Gasteiger partial charge on any atom is 0.286 e. The first-order chi connectivity index (χ1) is 12.0. The predicted molar refractivity (Wildman–Crippen MR) is 96.2 cm³/mol. The largest absolute Gasteiger partial charge is 0.484 e. The zero-order chi connectivity index (χ0) is 17.8. The first-order valence-electron chi connectivity index (χ1n) is 7.65. The van der Waals surface area contributed by atoms with Crippen molar-refractivity contribution < 1.29 is 14.3 Å². The fourth-order valence-electron chi connectivity index (χ4n) is 2.38. The normalized spacial score (nSPS) is 11.6. The number of hydrogen-bond donors (Lipinski definition) is 1. The third-order valence-electron chi connectivity index (χ3n) is 3.60. The minimum atomic E-state index is -0.390. The van der Waals surface area contributed by atoms with Gasteiger partial charge >= 0.3 is 0 Å². The van der Waals surface area contributed by atoms with Crippen molar-refractivity contribution in [2.24, 2.45) is 17.8 Å². The van der Waals surface area contributed by atoms with Crippen LogP contribution in [0.25, 0.3) is 10.2 Å². The molecule has 0 bridgehead atoms. The highest BCUT2D eigenvalue weighted by molar-refractivity contribution is 7.16. The number of benzene rings is 2. The number of aromatic nitrogens is 1. The molecule has 25 heavy (non-hydrogen) atoms. The summed E-state index contributed by atoms with van der Waals surface area (Å²) in [7, 11) is 1.88. The smallest absolute Gasteiger partial charge is 0.286 e. The molecule has 2 N–H and O–H groups in total. The fourth-order valence-corrected chi connectivity index (χ4v) is 3.41. The molecule has 2 amide bonds. The van der Waals surface area contributed by atoms with Gasteiger partial charge in [0.15, 0.2) is 11.4 Å². The highest BCUT2D eigenvalue weighted by Crippen LogP contribution is 2.15. The summed E-state index contributed by atoms with van der Waals surface area (Å²) in [6.45, 7) is -0.149. The molecular formula is C18H17N3O3S. The Morgan fingerprint density at radius 1 is 1.16 bits per heavy atom. The van der Waals surface area contributed by atoms with Gasteiger partial charge in [-0.3, -0.25) is 9.59 Å². The molecule has 1 heterocycles. The third kappa shape index (κ3) is 4.13. The van der Waals surface area contributed by atoms with Gasteiger partial charge in [0.1, 0.15) is 5.75 Å². The van der Waals surface area contributed by atoms with Crippen molar-refractivity contribution in [1.29, 1.82) is 0 Å². The number of primary amides is 1. The zero-order valence-corrected chi connectivity index (χ0v) is 14.5. The number of para-hydroxylation sites is 1. The van der Waals surface area contributed by atoms with Crippen molar-refractivity contribution >= 4 is 33.4 Å². The van der Waals surface area contributed by atoms with Gasteiger partial charge in [-0.15, -0.1) is 0 Å². The summed E-state index contributed by atoms with van der Waals surface area (Å²) in [5.74, 6) is -0.209. The van der Waals surface area contributed by atoms with Crippen molar-refractivity contribution in [3.05, 3.63) is 58.9 Å². The molecule has 0 saturated carbocycles. The number of nitrogens with zero attached hydrogens (tertiary/aromatic N) is 2. The fraction of sp³-hybridized carbons (Fsp3) is 0.167. The summed E-state index contributed by atoms with van der Waals surface area (Å²) in [6, 6.07) is 14.8. The van der Waals surface area contributed by atoms with E-state index in [-0.39, 0.29) is 24.8 Å². The van der Waals surface area contributed by atoms with E-state index in [0.717, 1.165) is 15.8 Å². The summed E-state index contributed by atoms with van der Waals surface area (Å²) in [5.41, 5.74) is 6.98. The van der Waals surface area contributed by atoms with Crippen LogP contribution < -0.4 is 15.3 Å². The summed E-state index contributed by atoms with van der Waals surface area (Å²) in [6.07, 6.45) is 0.178. The molecule has 2 aromatic carbocycles. The Morgan fingerprint density at radius 2 is 1.88 bits per heavy atom. The molecule has 0 atom stereocenters. The number of carbonyl (C=O) groups excluding carboxylic acids is 2. The maximum atomic E-state index is 12.1. The molecule has 0 aliphatic heterocycles. The standard InChI is InChI=1S/C18H17N3O3S/c1-21-14-4-2-3-5-15(14)25-18(21)20-17(23)11-24-13-8-6-12(7-9-13)10-16(19)22/h2-9H,10-11H2,1H3,(H2,19,22). The number of rotatable bonds is 5. The average Bonchev–Trinajstić information content (AvgIpc) is 2.90. The number of fused-ring (bicyclic) bond motifs is 1. The van der Waals surface area contributed by atoms with E-state index < -0.39 is 0 Å². The van der Waals surface area contributed by atoms with Gasteiger partial charge < -0.3 is 15.0 Å². The quantitative estimate of drug-likeness (QED) is 0.757. The van der Waals surface area contributed by atoms with Crippen LogP contribution in [0, 0.1) is 0 Å². The summed E-state index contributed by atoms with van der Waals surface area (Å²) < 4.78 is 8.41. The second-order valence-electron chi connectivity index (χ2n) is 5.49. The first kappa shape index (κ1) is 16.9. The molecule has 0 saturated heterocycles. The summed E-state index contributed by atoms with van der Waals surface area (Å²) in [5, 5.41) is 0. The van der Waals surface area contributed by atoms with Gasteiger partial charge in [0.05, 0.1) is 16.6 Å². The van der Waals surface area contributed by atoms with Crippen molar-refractivity contribution in [3.63, 3.8) is 0 Å². The second kappa shape index (κ2) is 7.31.